The molecule has 0 atom stereocenters. The predicted octanol–water partition coefficient (Wildman–Crippen LogP) is -0.143. The van der Waals surface area contributed by atoms with Gasteiger partial charge in [0.15, 0.2) is 0 Å². The van der Waals surface area contributed by atoms with E-state index < -0.39 is 15.6 Å². The molecule has 0 unspecified atom stereocenters. The quantitative estimate of drug-likeness (QED) is 0.711. The highest BCUT2D eigenvalue weighted by atomic mass is 32.2. The van der Waals surface area contributed by atoms with Crippen LogP contribution in [0.4, 0.5) is 0 Å². The minimum Gasteiger partial charge on any atom is -0.394 e. The monoisotopic (exact) mass is 249 g/mol. The van der Waals surface area contributed by atoms with Crippen LogP contribution in [0.5, 0.6) is 0 Å². The van der Waals surface area contributed by atoms with E-state index in [2.05, 4.69) is 4.72 Å². The van der Waals surface area contributed by atoms with Gasteiger partial charge in [0.05, 0.1) is 17.9 Å². The number of aliphatic hydroxyl groups is 1. The number of aliphatic hydroxyl groups excluding tert-OH is 1. The van der Waals surface area contributed by atoms with E-state index in [1.807, 2.05) is 0 Å². The average Bonchev–Trinajstić information content (AvgIpc) is 3.01. The Labute approximate surface area is 96.2 Å². The van der Waals surface area contributed by atoms with Gasteiger partial charge in [-0.1, -0.05) is 0 Å². The molecule has 2 rings (SSSR count). The largest absolute Gasteiger partial charge is 0.394 e. The van der Waals surface area contributed by atoms with Crippen LogP contribution >= 0.6 is 0 Å². The summed E-state index contributed by atoms with van der Waals surface area (Å²) in [6.07, 6.45) is 3.12. The number of hydrogen-bond acceptors (Lipinski definition) is 4. The molecule has 1 aliphatic heterocycles. The fourth-order valence-electron chi connectivity index (χ4n) is 2.02. The summed E-state index contributed by atoms with van der Waals surface area (Å²) < 4.78 is 31.6. The van der Waals surface area contributed by atoms with E-state index in [0.717, 1.165) is 12.8 Å². The first kappa shape index (κ1) is 12.3. The lowest BCUT2D eigenvalue weighted by molar-refractivity contribution is 0.0223. The second-order valence-electron chi connectivity index (χ2n) is 4.88. The maximum atomic E-state index is 11.9. The summed E-state index contributed by atoms with van der Waals surface area (Å²) in [7, 11) is -3.25. The van der Waals surface area contributed by atoms with Gasteiger partial charge in [-0.2, -0.15) is 0 Å². The maximum Gasteiger partial charge on any atom is 0.212 e. The van der Waals surface area contributed by atoms with E-state index in [-0.39, 0.29) is 12.4 Å². The summed E-state index contributed by atoms with van der Waals surface area (Å²) in [5.74, 6) is 0.531. The van der Waals surface area contributed by atoms with Gasteiger partial charge in [0.25, 0.3) is 0 Å². The van der Waals surface area contributed by atoms with Crippen molar-refractivity contribution in [3.05, 3.63) is 0 Å². The third-order valence-corrected chi connectivity index (χ3v) is 4.93. The van der Waals surface area contributed by atoms with Crippen molar-refractivity contribution in [3.63, 3.8) is 0 Å². The molecule has 94 valence electrons. The second kappa shape index (κ2) is 4.60. The Morgan fingerprint density at radius 1 is 1.31 bits per heavy atom. The third kappa shape index (κ3) is 3.16. The van der Waals surface area contributed by atoms with Crippen LogP contribution in [-0.4, -0.2) is 44.6 Å². The normalized spacial score (nSPS) is 25.6. The first-order valence-corrected chi connectivity index (χ1v) is 7.41. The first-order valence-electron chi connectivity index (χ1n) is 5.76. The van der Waals surface area contributed by atoms with Gasteiger partial charge in [0.1, 0.15) is 0 Å². The molecule has 0 aromatic heterocycles. The van der Waals surface area contributed by atoms with Crippen LogP contribution < -0.4 is 4.72 Å². The van der Waals surface area contributed by atoms with Crippen molar-refractivity contribution in [3.8, 4) is 0 Å². The molecule has 2 N–H and O–H groups in total. The molecule has 0 amide bonds. The van der Waals surface area contributed by atoms with Crippen molar-refractivity contribution in [2.75, 3.05) is 25.6 Å². The molecule has 1 heterocycles. The van der Waals surface area contributed by atoms with E-state index in [0.29, 0.717) is 32.0 Å². The number of ether oxygens (including phenoxy) is 1. The molecular weight excluding hydrogens is 230 g/mol. The molecule has 1 aliphatic carbocycles. The SMILES string of the molecule is O=S(=O)(CC1CC1)NC1(CO)CCOCC1. The standard InChI is InChI=1S/C10H19NO4S/c12-8-10(3-5-15-6-4-10)11-16(13,14)7-9-1-2-9/h9,11-12H,1-8H2. The van der Waals surface area contributed by atoms with E-state index >= 15 is 0 Å². The zero-order chi connectivity index (χ0) is 11.6. The summed E-state index contributed by atoms with van der Waals surface area (Å²) in [6.45, 7) is 0.860. The molecule has 2 fully saturated rings. The zero-order valence-corrected chi connectivity index (χ0v) is 10.1. The van der Waals surface area contributed by atoms with Crippen LogP contribution in [0.15, 0.2) is 0 Å². The number of hydrogen-bond donors (Lipinski definition) is 2. The van der Waals surface area contributed by atoms with Crippen molar-refractivity contribution in [1.82, 2.24) is 4.72 Å². The Hall–Kier alpha value is -0.170. The lowest BCUT2D eigenvalue weighted by atomic mass is 9.93. The lowest BCUT2D eigenvalue weighted by Gasteiger charge is -2.35. The number of sulfonamides is 1. The molecule has 6 heteroatoms. The van der Waals surface area contributed by atoms with E-state index in [4.69, 9.17) is 4.74 Å². The van der Waals surface area contributed by atoms with Crippen molar-refractivity contribution in [2.24, 2.45) is 5.92 Å². The summed E-state index contributed by atoms with van der Waals surface area (Å²) in [5, 5.41) is 9.37. The van der Waals surface area contributed by atoms with Crippen molar-refractivity contribution < 1.29 is 18.3 Å². The van der Waals surface area contributed by atoms with Crippen LogP contribution in [0.3, 0.4) is 0 Å². The smallest absolute Gasteiger partial charge is 0.212 e. The molecule has 1 saturated carbocycles. The number of rotatable bonds is 5. The van der Waals surface area contributed by atoms with Gasteiger partial charge >= 0.3 is 0 Å². The van der Waals surface area contributed by atoms with E-state index in [9.17, 15) is 13.5 Å². The Balaban J connectivity index is 1.98. The highest BCUT2D eigenvalue weighted by molar-refractivity contribution is 7.89. The van der Waals surface area contributed by atoms with E-state index in [1.54, 1.807) is 0 Å². The summed E-state index contributed by atoms with van der Waals surface area (Å²) >= 11 is 0. The Kier molecular flexibility index (Phi) is 3.53. The Morgan fingerprint density at radius 3 is 2.44 bits per heavy atom. The molecule has 0 aromatic carbocycles. The van der Waals surface area contributed by atoms with Crippen molar-refractivity contribution in [2.45, 2.75) is 31.2 Å². The van der Waals surface area contributed by atoms with Gasteiger partial charge in [0.2, 0.25) is 10.0 Å². The molecule has 0 spiro atoms. The predicted molar refractivity (Wildman–Crippen MR) is 59.5 cm³/mol. The number of nitrogens with one attached hydrogen (secondary N) is 1. The fourth-order valence-corrected chi connectivity index (χ4v) is 3.99. The van der Waals surface area contributed by atoms with Gasteiger partial charge < -0.3 is 9.84 Å². The fraction of sp³-hybridized carbons (Fsp3) is 1.00. The van der Waals surface area contributed by atoms with Crippen LogP contribution in [0.1, 0.15) is 25.7 Å². The van der Waals surface area contributed by atoms with E-state index in [1.165, 1.54) is 0 Å². The molecular formula is C10H19NO4S. The minimum atomic E-state index is -3.25. The minimum absolute atomic E-state index is 0.153. The van der Waals surface area contributed by atoms with Crippen LogP contribution in [0.25, 0.3) is 0 Å². The third-order valence-electron chi connectivity index (χ3n) is 3.28. The van der Waals surface area contributed by atoms with Gasteiger partial charge in [-0.25, -0.2) is 13.1 Å². The summed E-state index contributed by atoms with van der Waals surface area (Å²) in [5.41, 5.74) is -0.689. The summed E-state index contributed by atoms with van der Waals surface area (Å²) in [6, 6.07) is 0. The molecule has 16 heavy (non-hydrogen) atoms. The first-order chi connectivity index (χ1) is 7.55. The Bertz CT molecular complexity index is 331. The molecule has 5 nitrogen and oxygen atoms in total. The molecule has 0 aromatic rings. The highest BCUT2D eigenvalue weighted by Gasteiger charge is 2.38. The van der Waals surface area contributed by atoms with Gasteiger partial charge in [-0.3, -0.25) is 0 Å². The van der Waals surface area contributed by atoms with Gasteiger partial charge in [0, 0.05) is 13.2 Å². The molecule has 0 bridgehead atoms. The summed E-state index contributed by atoms with van der Waals surface area (Å²) in [4.78, 5) is 0. The lowest BCUT2D eigenvalue weighted by Crippen LogP contribution is -2.55. The second-order valence-corrected chi connectivity index (χ2v) is 6.64. The van der Waals surface area contributed by atoms with Crippen LogP contribution in [0, 0.1) is 5.92 Å². The topological polar surface area (TPSA) is 75.6 Å². The average molecular weight is 249 g/mol. The van der Waals surface area contributed by atoms with Crippen molar-refractivity contribution in [1.29, 1.82) is 0 Å². The highest BCUT2D eigenvalue weighted by Crippen LogP contribution is 2.31. The van der Waals surface area contributed by atoms with Gasteiger partial charge in [-0.15, -0.1) is 0 Å². The Morgan fingerprint density at radius 2 is 1.94 bits per heavy atom. The molecule has 1 saturated heterocycles. The molecule has 0 radical (unpaired) electrons. The zero-order valence-electron chi connectivity index (χ0n) is 9.31. The van der Waals surface area contributed by atoms with Gasteiger partial charge in [-0.05, 0) is 31.6 Å². The van der Waals surface area contributed by atoms with Crippen LogP contribution in [-0.2, 0) is 14.8 Å². The molecule has 2 aliphatic rings. The maximum absolute atomic E-state index is 11.9. The van der Waals surface area contributed by atoms with Crippen molar-refractivity contribution >= 4 is 10.0 Å². The van der Waals surface area contributed by atoms with Crippen LogP contribution in [0.2, 0.25) is 0 Å².